The Morgan fingerprint density at radius 1 is 1.03 bits per heavy atom. The van der Waals surface area contributed by atoms with Gasteiger partial charge in [0.2, 0.25) is 0 Å². The van der Waals surface area contributed by atoms with E-state index in [1.165, 1.54) is 0 Å². The summed E-state index contributed by atoms with van der Waals surface area (Å²) in [5.41, 5.74) is 2.98. The van der Waals surface area contributed by atoms with Crippen molar-refractivity contribution in [3.05, 3.63) is 47.5 Å². The highest BCUT2D eigenvalue weighted by atomic mass is 32.2. The summed E-state index contributed by atoms with van der Waals surface area (Å²) < 4.78 is 7.71. The Balaban J connectivity index is 1.89. The Morgan fingerprint density at radius 2 is 1.72 bits per heavy atom. The molecule has 0 fully saturated rings. The van der Waals surface area contributed by atoms with Gasteiger partial charge in [0.05, 0.1) is 12.4 Å². The van der Waals surface area contributed by atoms with Crippen LogP contribution in [-0.4, -0.2) is 36.6 Å². The highest BCUT2D eigenvalue weighted by Gasteiger charge is 2.17. The third-order valence-electron chi connectivity index (χ3n) is 4.28. The average molecular weight is 430 g/mol. The van der Waals surface area contributed by atoms with Crippen molar-refractivity contribution in [1.29, 1.82) is 0 Å². The molecule has 0 unspecified atom stereocenters. The molecule has 0 N–H and O–H groups in total. The molecule has 0 bridgehead atoms. The quantitative estimate of drug-likeness (QED) is 0.340. The molecule has 0 aliphatic heterocycles. The summed E-state index contributed by atoms with van der Waals surface area (Å²) >= 11 is 3.32. The van der Waals surface area contributed by atoms with Gasteiger partial charge in [-0.05, 0) is 57.5 Å². The minimum Gasteiger partial charge on any atom is -0.494 e. The first kappa shape index (κ1) is 21.6. The third kappa shape index (κ3) is 5.73. The fraction of sp³-hybridized carbons (Fsp3) is 0.429. The van der Waals surface area contributed by atoms with Crippen molar-refractivity contribution in [3.63, 3.8) is 0 Å². The average Bonchev–Trinajstić information content (AvgIpc) is 3.09. The molecule has 3 aromatic rings. The second kappa shape index (κ2) is 10.1. The van der Waals surface area contributed by atoms with Crippen LogP contribution in [0.4, 0.5) is 0 Å². The minimum atomic E-state index is 0.462. The highest BCUT2D eigenvalue weighted by molar-refractivity contribution is 7.99. The molecule has 6 nitrogen and oxygen atoms in total. The molecule has 1 aromatic carbocycles. The first-order chi connectivity index (χ1) is 14.0. The second-order valence-electron chi connectivity index (χ2n) is 6.72. The van der Waals surface area contributed by atoms with Crippen LogP contribution in [0.2, 0.25) is 0 Å². The van der Waals surface area contributed by atoms with Gasteiger partial charge in [-0.2, -0.15) is 0 Å². The number of thioether (sulfide) groups is 2. The van der Waals surface area contributed by atoms with E-state index in [4.69, 9.17) is 4.74 Å². The molecule has 0 aliphatic carbocycles. The zero-order valence-electron chi connectivity index (χ0n) is 17.5. The maximum atomic E-state index is 5.58. The molecular formula is C21H27N5OS2. The highest BCUT2D eigenvalue weighted by Crippen LogP contribution is 2.30. The zero-order valence-corrected chi connectivity index (χ0v) is 19.2. The molecule has 1 atom stereocenters. The van der Waals surface area contributed by atoms with Crippen molar-refractivity contribution < 1.29 is 4.74 Å². The normalized spacial score (nSPS) is 12.2. The summed E-state index contributed by atoms with van der Waals surface area (Å²) in [6.07, 6.45) is 1.07. The van der Waals surface area contributed by atoms with E-state index in [-0.39, 0.29) is 0 Å². The Morgan fingerprint density at radius 3 is 2.34 bits per heavy atom. The first-order valence-electron chi connectivity index (χ1n) is 9.79. The van der Waals surface area contributed by atoms with Gasteiger partial charge in [0.15, 0.2) is 10.3 Å². The molecule has 2 heterocycles. The van der Waals surface area contributed by atoms with Crippen LogP contribution >= 0.6 is 23.5 Å². The molecular weight excluding hydrogens is 402 g/mol. The maximum Gasteiger partial charge on any atom is 0.196 e. The fourth-order valence-corrected chi connectivity index (χ4v) is 4.53. The van der Waals surface area contributed by atoms with Gasteiger partial charge in [-0.25, -0.2) is 9.97 Å². The summed E-state index contributed by atoms with van der Waals surface area (Å²) in [5, 5.41) is 11.1. The summed E-state index contributed by atoms with van der Waals surface area (Å²) in [4.78, 5) is 9.05. The minimum absolute atomic E-state index is 0.462. The van der Waals surface area contributed by atoms with Crippen molar-refractivity contribution in [2.45, 2.75) is 62.4 Å². The standard InChI is InChI=1S/C21H27N5OS2/c1-6-16(5)29-21-25-24-19(13-28-20-22-14(3)12-15(4)23-20)26(21)17-8-10-18(11-9-17)27-7-2/h8-12,16H,6-7,13H2,1-5H3/t16-/m0/s1. The van der Waals surface area contributed by atoms with Gasteiger partial charge in [0, 0.05) is 22.3 Å². The predicted molar refractivity (Wildman–Crippen MR) is 119 cm³/mol. The van der Waals surface area contributed by atoms with Gasteiger partial charge in [0.1, 0.15) is 11.6 Å². The molecule has 0 amide bonds. The lowest BCUT2D eigenvalue weighted by atomic mass is 10.3. The van der Waals surface area contributed by atoms with Crippen LogP contribution in [0.25, 0.3) is 5.69 Å². The van der Waals surface area contributed by atoms with Crippen LogP contribution in [0.5, 0.6) is 5.75 Å². The van der Waals surface area contributed by atoms with E-state index >= 15 is 0 Å². The Labute approximate surface area is 180 Å². The van der Waals surface area contributed by atoms with E-state index in [1.807, 2.05) is 39.0 Å². The third-order valence-corrected chi connectivity index (χ3v) is 6.33. The first-order valence-corrected chi connectivity index (χ1v) is 11.7. The Bertz CT molecular complexity index is 922. The van der Waals surface area contributed by atoms with Crippen LogP contribution in [0.1, 0.15) is 44.4 Å². The molecule has 0 aliphatic rings. The lowest BCUT2D eigenvalue weighted by Crippen LogP contribution is -2.04. The van der Waals surface area contributed by atoms with Gasteiger partial charge in [-0.1, -0.05) is 37.4 Å². The number of hydrogen-bond acceptors (Lipinski definition) is 7. The Kier molecular flexibility index (Phi) is 7.55. The van der Waals surface area contributed by atoms with Crippen LogP contribution in [0, 0.1) is 13.8 Å². The van der Waals surface area contributed by atoms with Gasteiger partial charge < -0.3 is 4.74 Å². The summed E-state index contributed by atoms with van der Waals surface area (Å²) in [6, 6.07) is 10.1. The summed E-state index contributed by atoms with van der Waals surface area (Å²) in [6.45, 7) is 11.0. The van der Waals surface area contributed by atoms with Gasteiger partial charge in [0.25, 0.3) is 0 Å². The Hall–Kier alpha value is -2.06. The largest absolute Gasteiger partial charge is 0.494 e. The van der Waals surface area contributed by atoms with Gasteiger partial charge in [-0.3, -0.25) is 4.57 Å². The zero-order chi connectivity index (χ0) is 20.8. The molecule has 0 saturated heterocycles. The van der Waals surface area contributed by atoms with E-state index in [9.17, 15) is 0 Å². The van der Waals surface area contributed by atoms with Gasteiger partial charge in [-0.15, -0.1) is 10.2 Å². The van der Waals surface area contributed by atoms with Crippen LogP contribution in [0.3, 0.4) is 0 Å². The number of nitrogens with zero attached hydrogens (tertiary/aromatic N) is 5. The number of rotatable bonds is 9. The smallest absolute Gasteiger partial charge is 0.196 e. The predicted octanol–water partition coefficient (Wildman–Crippen LogP) is 5.26. The van der Waals surface area contributed by atoms with E-state index in [0.717, 1.165) is 45.4 Å². The molecule has 0 saturated carbocycles. The number of aryl methyl sites for hydroxylation is 2. The SMILES string of the molecule is CCOc1ccc(-n2c(CSc3nc(C)cc(C)n3)nnc2S[C@@H](C)CC)cc1. The fourth-order valence-electron chi connectivity index (χ4n) is 2.74. The monoisotopic (exact) mass is 429 g/mol. The van der Waals surface area contributed by atoms with Crippen molar-refractivity contribution in [1.82, 2.24) is 24.7 Å². The van der Waals surface area contributed by atoms with E-state index in [2.05, 4.69) is 50.7 Å². The lowest BCUT2D eigenvalue weighted by molar-refractivity contribution is 0.340. The maximum absolute atomic E-state index is 5.58. The molecule has 0 radical (unpaired) electrons. The molecule has 8 heteroatoms. The topological polar surface area (TPSA) is 65.7 Å². The van der Waals surface area contributed by atoms with E-state index in [1.54, 1.807) is 23.5 Å². The van der Waals surface area contributed by atoms with Crippen LogP contribution < -0.4 is 4.74 Å². The molecule has 2 aromatic heterocycles. The second-order valence-corrected chi connectivity index (χ2v) is 9.07. The summed E-state index contributed by atoms with van der Waals surface area (Å²) in [7, 11) is 0. The van der Waals surface area contributed by atoms with Crippen molar-refractivity contribution >= 4 is 23.5 Å². The lowest BCUT2D eigenvalue weighted by Gasteiger charge is -2.13. The van der Waals surface area contributed by atoms with Crippen molar-refractivity contribution in [2.75, 3.05) is 6.61 Å². The number of hydrogen-bond donors (Lipinski definition) is 0. The van der Waals surface area contributed by atoms with Crippen molar-refractivity contribution in [2.24, 2.45) is 0 Å². The molecule has 154 valence electrons. The summed E-state index contributed by atoms with van der Waals surface area (Å²) in [5.74, 6) is 2.39. The van der Waals surface area contributed by atoms with Crippen LogP contribution in [-0.2, 0) is 5.75 Å². The molecule has 3 rings (SSSR count). The molecule has 0 spiro atoms. The van der Waals surface area contributed by atoms with E-state index < -0.39 is 0 Å². The van der Waals surface area contributed by atoms with Crippen LogP contribution in [0.15, 0.2) is 40.6 Å². The van der Waals surface area contributed by atoms with Gasteiger partial charge >= 0.3 is 0 Å². The number of benzene rings is 1. The number of ether oxygens (including phenoxy) is 1. The molecule has 29 heavy (non-hydrogen) atoms. The van der Waals surface area contributed by atoms with E-state index in [0.29, 0.717) is 17.6 Å². The number of aromatic nitrogens is 5. The van der Waals surface area contributed by atoms with Crippen molar-refractivity contribution in [3.8, 4) is 11.4 Å².